The molecule has 2 N–H and O–H groups in total. The van der Waals surface area contributed by atoms with Crippen LogP contribution in [0.2, 0.25) is 0 Å². The third-order valence-corrected chi connectivity index (χ3v) is 4.66. The van der Waals surface area contributed by atoms with E-state index in [1.807, 2.05) is 25.7 Å². The van der Waals surface area contributed by atoms with Crippen molar-refractivity contribution in [2.75, 3.05) is 30.6 Å². The van der Waals surface area contributed by atoms with Crippen LogP contribution in [-0.2, 0) is 19.6 Å². The molecule has 1 saturated heterocycles. The first kappa shape index (κ1) is 23.0. The predicted molar refractivity (Wildman–Crippen MR) is 109 cm³/mol. The number of hydrogen-bond donors (Lipinski definition) is 2. The van der Waals surface area contributed by atoms with Crippen LogP contribution >= 0.6 is 0 Å². The minimum atomic E-state index is -3.35. The van der Waals surface area contributed by atoms with E-state index in [2.05, 4.69) is 10.0 Å². The van der Waals surface area contributed by atoms with Crippen LogP contribution in [0.15, 0.2) is 24.3 Å². The summed E-state index contributed by atoms with van der Waals surface area (Å²) in [5.41, 5.74) is -0.139. The number of amides is 1. The van der Waals surface area contributed by atoms with Gasteiger partial charge in [0.25, 0.3) is 0 Å². The Balaban J connectivity index is 1.73. The molecule has 0 aromatic heterocycles. The van der Waals surface area contributed by atoms with Gasteiger partial charge in [-0.25, -0.2) is 13.2 Å². The van der Waals surface area contributed by atoms with Crippen LogP contribution in [0.25, 0.3) is 0 Å². The van der Waals surface area contributed by atoms with E-state index in [-0.39, 0.29) is 12.6 Å². The highest BCUT2D eigenvalue weighted by molar-refractivity contribution is 7.92. The van der Waals surface area contributed by atoms with Gasteiger partial charge in [-0.15, -0.1) is 0 Å². The van der Waals surface area contributed by atoms with Crippen molar-refractivity contribution in [2.45, 2.75) is 45.3 Å². The second-order valence-electron chi connectivity index (χ2n) is 8.07. The lowest BCUT2D eigenvalue weighted by Crippen LogP contribution is -2.47. The van der Waals surface area contributed by atoms with Crippen LogP contribution in [0.5, 0.6) is 5.75 Å². The molecular weight excluding hydrogens is 398 g/mol. The topological polar surface area (TPSA) is 114 Å². The summed E-state index contributed by atoms with van der Waals surface area (Å²) in [6.07, 6.45) is 2.08. The smallest absolute Gasteiger partial charge is 0.407 e. The van der Waals surface area contributed by atoms with Gasteiger partial charge >= 0.3 is 12.1 Å². The van der Waals surface area contributed by atoms with Gasteiger partial charge in [0, 0.05) is 24.8 Å². The maximum Gasteiger partial charge on any atom is 0.407 e. The Morgan fingerprint density at radius 2 is 1.72 bits per heavy atom. The molecule has 1 heterocycles. The molecular formula is C19H29N3O6S. The zero-order chi connectivity index (χ0) is 21.7. The van der Waals surface area contributed by atoms with E-state index < -0.39 is 27.7 Å². The number of alkyl carbamates (subject to hydrolysis) is 1. The van der Waals surface area contributed by atoms with E-state index in [0.29, 0.717) is 24.5 Å². The Kier molecular flexibility index (Phi) is 7.48. The number of esters is 1. The van der Waals surface area contributed by atoms with E-state index >= 15 is 0 Å². The maximum absolute atomic E-state index is 12.1. The van der Waals surface area contributed by atoms with Gasteiger partial charge in [0.2, 0.25) is 10.0 Å². The molecule has 1 aliphatic rings. The Labute approximate surface area is 171 Å². The Hall–Kier alpha value is -2.33. The van der Waals surface area contributed by atoms with E-state index in [9.17, 15) is 18.0 Å². The van der Waals surface area contributed by atoms with Crippen molar-refractivity contribution in [2.24, 2.45) is 0 Å². The normalized spacial score (nSPS) is 16.1. The lowest BCUT2D eigenvalue weighted by molar-refractivity contribution is -0.136. The van der Waals surface area contributed by atoms with Gasteiger partial charge in [0.15, 0.2) is 0 Å². The predicted octanol–water partition coefficient (Wildman–Crippen LogP) is 1.95. The summed E-state index contributed by atoms with van der Waals surface area (Å²) in [4.78, 5) is 25.9. The highest BCUT2D eigenvalue weighted by Crippen LogP contribution is 2.17. The van der Waals surface area contributed by atoms with E-state index in [0.717, 1.165) is 19.1 Å². The average molecular weight is 428 g/mol. The molecule has 0 radical (unpaired) electrons. The zero-order valence-electron chi connectivity index (χ0n) is 17.2. The van der Waals surface area contributed by atoms with Gasteiger partial charge < -0.3 is 14.8 Å². The van der Waals surface area contributed by atoms with Gasteiger partial charge in [-0.3, -0.25) is 14.4 Å². The average Bonchev–Trinajstić information content (AvgIpc) is 2.55. The number of carbonyl (C=O) groups excluding carboxylic acids is 2. The van der Waals surface area contributed by atoms with E-state index in [1.165, 1.54) is 24.3 Å². The fourth-order valence-corrected chi connectivity index (χ4v) is 3.43. The van der Waals surface area contributed by atoms with Gasteiger partial charge in [0.05, 0.1) is 12.8 Å². The molecule has 1 amide bonds. The molecule has 0 bridgehead atoms. The Morgan fingerprint density at radius 3 is 2.24 bits per heavy atom. The van der Waals surface area contributed by atoms with Gasteiger partial charge in [0.1, 0.15) is 11.4 Å². The van der Waals surface area contributed by atoms with Crippen molar-refractivity contribution in [1.29, 1.82) is 0 Å². The molecule has 10 heteroatoms. The lowest BCUT2D eigenvalue weighted by atomic mass is 10.1. The van der Waals surface area contributed by atoms with Gasteiger partial charge in [-0.2, -0.15) is 0 Å². The molecule has 162 valence electrons. The summed E-state index contributed by atoms with van der Waals surface area (Å²) in [5.74, 6) is -0.0529. The standard InChI is InChI=1S/C19H29N3O6S/c1-19(2,3)28-18(24)20-14-9-11-22(12-10-14)13-17(23)27-16-7-5-15(6-8-16)21-29(4,25)26/h5-8,14,21H,9-13H2,1-4H3,(H,20,24). The monoisotopic (exact) mass is 427 g/mol. The molecule has 1 aliphatic heterocycles. The third kappa shape index (κ3) is 9.14. The van der Waals surface area contributed by atoms with Crippen LogP contribution < -0.4 is 14.8 Å². The third-order valence-electron chi connectivity index (χ3n) is 4.05. The number of carbonyl (C=O) groups is 2. The van der Waals surface area contributed by atoms with Crippen LogP contribution in [0.1, 0.15) is 33.6 Å². The molecule has 0 spiro atoms. The molecule has 9 nitrogen and oxygen atoms in total. The summed E-state index contributed by atoms with van der Waals surface area (Å²) in [5, 5.41) is 2.86. The number of hydrogen-bond acceptors (Lipinski definition) is 7. The first-order chi connectivity index (χ1) is 13.4. The Morgan fingerprint density at radius 1 is 1.14 bits per heavy atom. The minimum absolute atomic E-state index is 0.0204. The number of piperidine rings is 1. The summed E-state index contributed by atoms with van der Waals surface area (Å²) in [6, 6.07) is 6.13. The highest BCUT2D eigenvalue weighted by Gasteiger charge is 2.24. The fourth-order valence-electron chi connectivity index (χ4n) is 2.86. The van der Waals surface area contributed by atoms with Crippen LogP contribution in [0, 0.1) is 0 Å². The molecule has 2 rings (SSSR count). The first-order valence-electron chi connectivity index (χ1n) is 9.40. The van der Waals surface area contributed by atoms with E-state index in [4.69, 9.17) is 9.47 Å². The highest BCUT2D eigenvalue weighted by atomic mass is 32.2. The number of sulfonamides is 1. The van der Waals surface area contributed by atoms with Gasteiger partial charge in [-0.1, -0.05) is 0 Å². The second kappa shape index (κ2) is 9.45. The van der Waals surface area contributed by atoms with Crippen LogP contribution in [0.4, 0.5) is 10.5 Å². The van der Waals surface area contributed by atoms with E-state index in [1.54, 1.807) is 0 Å². The Bertz CT molecular complexity index is 809. The minimum Gasteiger partial charge on any atom is -0.444 e. The van der Waals surface area contributed by atoms with Crippen molar-refractivity contribution in [1.82, 2.24) is 10.2 Å². The van der Waals surface area contributed by atoms with Crippen molar-refractivity contribution >= 4 is 27.8 Å². The zero-order valence-corrected chi connectivity index (χ0v) is 18.0. The largest absolute Gasteiger partial charge is 0.444 e. The van der Waals surface area contributed by atoms with Crippen molar-refractivity contribution in [3.63, 3.8) is 0 Å². The number of rotatable bonds is 6. The van der Waals surface area contributed by atoms with Crippen molar-refractivity contribution in [3.05, 3.63) is 24.3 Å². The number of nitrogens with one attached hydrogen (secondary N) is 2. The fraction of sp³-hybridized carbons (Fsp3) is 0.579. The lowest BCUT2D eigenvalue weighted by Gasteiger charge is -2.32. The van der Waals surface area contributed by atoms with Crippen LogP contribution in [-0.4, -0.2) is 62.9 Å². The molecule has 0 saturated carbocycles. The van der Waals surface area contributed by atoms with Crippen LogP contribution in [0.3, 0.4) is 0 Å². The molecule has 1 aromatic carbocycles. The number of anilines is 1. The molecule has 1 fully saturated rings. The molecule has 0 atom stereocenters. The quantitative estimate of drug-likeness (QED) is 0.527. The van der Waals surface area contributed by atoms with Crippen molar-refractivity contribution < 1.29 is 27.5 Å². The van der Waals surface area contributed by atoms with Crippen molar-refractivity contribution in [3.8, 4) is 5.75 Å². The second-order valence-corrected chi connectivity index (χ2v) is 9.82. The van der Waals surface area contributed by atoms with Gasteiger partial charge in [-0.05, 0) is 57.9 Å². The summed E-state index contributed by atoms with van der Waals surface area (Å²) in [7, 11) is -3.35. The number of nitrogens with zero attached hydrogens (tertiary/aromatic N) is 1. The SMILES string of the molecule is CC(C)(C)OC(=O)NC1CCN(CC(=O)Oc2ccc(NS(C)(=O)=O)cc2)CC1. The number of ether oxygens (including phenoxy) is 2. The summed E-state index contributed by atoms with van der Waals surface area (Å²) < 4.78 is 35.3. The molecule has 1 aromatic rings. The number of benzene rings is 1. The summed E-state index contributed by atoms with van der Waals surface area (Å²) >= 11 is 0. The maximum atomic E-state index is 12.1. The molecule has 0 aliphatic carbocycles. The molecule has 29 heavy (non-hydrogen) atoms. The molecule has 0 unspecified atom stereocenters. The first-order valence-corrected chi connectivity index (χ1v) is 11.3. The summed E-state index contributed by atoms with van der Waals surface area (Å²) in [6.45, 7) is 6.91. The number of likely N-dealkylation sites (tertiary alicyclic amines) is 1.